The molecule has 1 aliphatic rings. The molecule has 1 aliphatic heterocycles. The summed E-state index contributed by atoms with van der Waals surface area (Å²) in [5, 5.41) is 0. The summed E-state index contributed by atoms with van der Waals surface area (Å²) >= 11 is 0. The van der Waals surface area contributed by atoms with Crippen LogP contribution in [0.2, 0.25) is 0 Å². The van der Waals surface area contributed by atoms with E-state index >= 15 is 0 Å². The van der Waals surface area contributed by atoms with Gasteiger partial charge in [0, 0.05) is 12.2 Å². The molecular formula is C12H17FN2O. The Hall–Kier alpha value is -0.970. The Morgan fingerprint density at radius 2 is 2.38 bits per heavy atom. The molecule has 0 bridgehead atoms. The van der Waals surface area contributed by atoms with Gasteiger partial charge in [-0.25, -0.2) is 4.39 Å². The summed E-state index contributed by atoms with van der Waals surface area (Å²) in [5.41, 5.74) is 4.28. The Morgan fingerprint density at radius 1 is 1.56 bits per heavy atom. The number of nitrogens with two attached hydrogens (primary N) is 1. The fourth-order valence-corrected chi connectivity index (χ4v) is 2.16. The van der Waals surface area contributed by atoms with E-state index in [1.165, 1.54) is 6.07 Å². The lowest BCUT2D eigenvalue weighted by atomic mass is 9.98. The Morgan fingerprint density at radius 3 is 3.00 bits per heavy atom. The highest BCUT2D eigenvalue weighted by molar-refractivity contribution is 5.27. The number of nitrogens with one attached hydrogen (secondary N) is 1. The lowest BCUT2D eigenvalue weighted by Crippen LogP contribution is -2.36. The zero-order valence-electron chi connectivity index (χ0n) is 9.37. The van der Waals surface area contributed by atoms with E-state index in [2.05, 4.69) is 5.43 Å². The van der Waals surface area contributed by atoms with Gasteiger partial charge < -0.3 is 4.74 Å². The van der Waals surface area contributed by atoms with Crippen molar-refractivity contribution in [2.45, 2.75) is 31.9 Å². The predicted molar refractivity (Wildman–Crippen MR) is 60.2 cm³/mol. The monoisotopic (exact) mass is 224 g/mol. The van der Waals surface area contributed by atoms with E-state index in [-0.39, 0.29) is 18.0 Å². The van der Waals surface area contributed by atoms with E-state index in [4.69, 9.17) is 10.6 Å². The maximum Gasteiger partial charge on any atom is 0.128 e. The molecular weight excluding hydrogens is 207 g/mol. The van der Waals surface area contributed by atoms with Crippen LogP contribution in [0.15, 0.2) is 18.2 Å². The van der Waals surface area contributed by atoms with Crippen LogP contribution < -0.4 is 11.3 Å². The van der Waals surface area contributed by atoms with Crippen LogP contribution in [0.25, 0.3) is 0 Å². The normalized spacial score (nSPS) is 22.3. The molecule has 0 aliphatic carbocycles. The minimum Gasteiger partial charge on any atom is -0.376 e. The van der Waals surface area contributed by atoms with Gasteiger partial charge in [0.25, 0.3) is 0 Å². The molecule has 1 aromatic rings. The van der Waals surface area contributed by atoms with Crippen molar-refractivity contribution in [3.05, 3.63) is 35.1 Å². The van der Waals surface area contributed by atoms with E-state index in [1.54, 1.807) is 6.07 Å². The van der Waals surface area contributed by atoms with Crippen molar-refractivity contribution in [1.82, 2.24) is 5.43 Å². The van der Waals surface area contributed by atoms with Gasteiger partial charge in [-0.2, -0.15) is 0 Å². The van der Waals surface area contributed by atoms with E-state index in [0.29, 0.717) is 5.56 Å². The summed E-state index contributed by atoms with van der Waals surface area (Å²) in [6.07, 6.45) is 1.90. The summed E-state index contributed by atoms with van der Waals surface area (Å²) in [6.45, 7) is 2.67. The Bertz CT molecular complexity index is 364. The topological polar surface area (TPSA) is 47.3 Å². The van der Waals surface area contributed by atoms with Crippen LogP contribution in [0, 0.1) is 12.7 Å². The number of aryl methyl sites for hydroxylation is 1. The second-order valence-corrected chi connectivity index (χ2v) is 4.22. The van der Waals surface area contributed by atoms with Crippen LogP contribution in [0.5, 0.6) is 0 Å². The molecule has 88 valence electrons. The summed E-state index contributed by atoms with van der Waals surface area (Å²) in [7, 11) is 0. The minimum absolute atomic E-state index is 0.0266. The van der Waals surface area contributed by atoms with Gasteiger partial charge in [0.15, 0.2) is 0 Å². The molecule has 3 N–H and O–H groups in total. The minimum atomic E-state index is -0.262. The first-order valence-corrected chi connectivity index (χ1v) is 5.56. The number of benzene rings is 1. The fraction of sp³-hybridized carbons (Fsp3) is 0.500. The molecule has 0 spiro atoms. The predicted octanol–water partition coefficient (Wildman–Crippen LogP) is 1.82. The van der Waals surface area contributed by atoms with Crippen molar-refractivity contribution in [3.63, 3.8) is 0 Å². The lowest BCUT2D eigenvalue weighted by Gasteiger charge is -2.23. The lowest BCUT2D eigenvalue weighted by molar-refractivity contribution is 0.0772. The standard InChI is InChI=1S/C12H17FN2O/c1-8-4-5-10(13)9(7-8)12(15-14)11-3-2-6-16-11/h4-5,7,11-12,15H,2-3,6,14H2,1H3. The van der Waals surface area contributed by atoms with Crippen LogP contribution >= 0.6 is 0 Å². The van der Waals surface area contributed by atoms with Crippen LogP contribution in [0.1, 0.15) is 30.0 Å². The number of ether oxygens (including phenoxy) is 1. The highest BCUT2D eigenvalue weighted by Gasteiger charge is 2.28. The van der Waals surface area contributed by atoms with E-state index in [0.717, 1.165) is 25.0 Å². The SMILES string of the molecule is Cc1ccc(F)c(C(NN)C2CCCO2)c1. The zero-order valence-corrected chi connectivity index (χ0v) is 9.37. The molecule has 0 radical (unpaired) electrons. The van der Waals surface area contributed by atoms with Crippen molar-refractivity contribution >= 4 is 0 Å². The average Bonchev–Trinajstić information content (AvgIpc) is 2.78. The quantitative estimate of drug-likeness (QED) is 0.608. The Labute approximate surface area is 94.8 Å². The molecule has 1 saturated heterocycles. The largest absolute Gasteiger partial charge is 0.376 e. The third-order valence-corrected chi connectivity index (χ3v) is 3.00. The third kappa shape index (κ3) is 2.24. The first-order chi connectivity index (χ1) is 7.72. The molecule has 16 heavy (non-hydrogen) atoms. The van der Waals surface area contributed by atoms with Crippen LogP contribution in [0.4, 0.5) is 4.39 Å². The van der Waals surface area contributed by atoms with Crippen molar-refractivity contribution in [1.29, 1.82) is 0 Å². The van der Waals surface area contributed by atoms with Crippen LogP contribution in [-0.2, 0) is 4.74 Å². The second-order valence-electron chi connectivity index (χ2n) is 4.22. The van der Waals surface area contributed by atoms with Gasteiger partial charge in [-0.3, -0.25) is 11.3 Å². The van der Waals surface area contributed by atoms with Crippen LogP contribution in [-0.4, -0.2) is 12.7 Å². The fourth-order valence-electron chi connectivity index (χ4n) is 2.16. The Kier molecular flexibility index (Phi) is 3.53. The van der Waals surface area contributed by atoms with Gasteiger partial charge in [-0.1, -0.05) is 17.7 Å². The molecule has 4 heteroatoms. The van der Waals surface area contributed by atoms with Crippen molar-refractivity contribution in [2.24, 2.45) is 5.84 Å². The molecule has 3 nitrogen and oxygen atoms in total. The molecule has 0 aromatic heterocycles. The van der Waals surface area contributed by atoms with E-state index in [9.17, 15) is 4.39 Å². The number of hydrogen-bond donors (Lipinski definition) is 2. The molecule has 0 saturated carbocycles. The summed E-state index contributed by atoms with van der Waals surface area (Å²) < 4.78 is 19.3. The summed E-state index contributed by atoms with van der Waals surface area (Å²) in [4.78, 5) is 0. The van der Waals surface area contributed by atoms with E-state index < -0.39 is 0 Å². The number of hydrazine groups is 1. The van der Waals surface area contributed by atoms with E-state index in [1.807, 2.05) is 13.0 Å². The van der Waals surface area contributed by atoms with Gasteiger partial charge in [0.05, 0.1) is 12.1 Å². The first-order valence-electron chi connectivity index (χ1n) is 5.56. The summed E-state index contributed by atoms with van der Waals surface area (Å²) in [5.74, 6) is 5.27. The zero-order chi connectivity index (χ0) is 11.5. The third-order valence-electron chi connectivity index (χ3n) is 3.00. The highest BCUT2D eigenvalue weighted by atomic mass is 19.1. The smallest absolute Gasteiger partial charge is 0.128 e. The van der Waals surface area contributed by atoms with Gasteiger partial charge in [-0.15, -0.1) is 0 Å². The van der Waals surface area contributed by atoms with Gasteiger partial charge in [0.2, 0.25) is 0 Å². The Balaban J connectivity index is 2.28. The summed E-state index contributed by atoms with van der Waals surface area (Å²) in [6, 6.07) is 4.79. The molecule has 0 amide bonds. The first kappa shape index (κ1) is 11.5. The molecule has 2 rings (SSSR count). The molecule has 1 aromatic carbocycles. The number of hydrogen-bond acceptors (Lipinski definition) is 3. The average molecular weight is 224 g/mol. The highest BCUT2D eigenvalue weighted by Crippen LogP contribution is 2.28. The van der Waals surface area contributed by atoms with Gasteiger partial charge in [-0.05, 0) is 25.8 Å². The van der Waals surface area contributed by atoms with Gasteiger partial charge >= 0.3 is 0 Å². The van der Waals surface area contributed by atoms with Gasteiger partial charge in [0.1, 0.15) is 5.82 Å². The molecule has 1 fully saturated rings. The molecule has 2 atom stereocenters. The molecule has 1 heterocycles. The van der Waals surface area contributed by atoms with Crippen LogP contribution in [0.3, 0.4) is 0 Å². The number of halogens is 1. The van der Waals surface area contributed by atoms with Crippen molar-refractivity contribution in [2.75, 3.05) is 6.61 Å². The van der Waals surface area contributed by atoms with Crippen molar-refractivity contribution < 1.29 is 9.13 Å². The van der Waals surface area contributed by atoms with Crippen molar-refractivity contribution in [3.8, 4) is 0 Å². The maximum absolute atomic E-state index is 13.7. The maximum atomic E-state index is 13.7. The second kappa shape index (κ2) is 4.91. The number of rotatable bonds is 3. The molecule has 2 unspecified atom stereocenters.